The smallest absolute Gasteiger partial charge is 0.228 e. The first-order valence-electron chi connectivity index (χ1n) is 6.70. The van der Waals surface area contributed by atoms with Crippen molar-refractivity contribution in [1.82, 2.24) is 15.2 Å². The molecule has 0 atom stereocenters. The van der Waals surface area contributed by atoms with Gasteiger partial charge in [0.2, 0.25) is 5.91 Å². The molecule has 0 saturated carbocycles. The van der Waals surface area contributed by atoms with Crippen molar-refractivity contribution in [3.05, 3.63) is 22.3 Å². The van der Waals surface area contributed by atoms with Gasteiger partial charge in [-0.25, -0.2) is 4.98 Å². The lowest BCUT2D eigenvalue weighted by molar-refractivity contribution is -0.137. The molecule has 8 heteroatoms. The van der Waals surface area contributed by atoms with Crippen molar-refractivity contribution in [3.8, 4) is 0 Å². The minimum atomic E-state index is 0. The van der Waals surface area contributed by atoms with E-state index in [0.717, 1.165) is 45.1 Å². The molecule has 0 aromatic carbocycles. The number of aromatic nitrogens is 1. The van der Waals surface area contributed by atoms with Crippen LogP contribution in [0, 0.1) is 5.92 Å². The van der Waals surface area contributed by atoms with Crippen molar-refractivity contribution in [2.45, 2.75) is 0 Å². The Morgan fingerprint density at radius 2 is 1.90 bits per heavy atom. The van der Waals surface area contributed by atoms with E-state index in [1.165, 1.54) is 0 Å². The molecule has 5 nitrogen and oxygen atoms in total. The number of amides is 1. The molecule has 1 aromatic rings. The summed E-state index contributed by atoms with van der Waals surface area (Å²) in [7, 11) is 0. The zero-order chi connectivity index (χ0) is 14.1. The molecule has 0 radical (unpaired) electrons. The molecule has 1 amide bonds. The lowest BCUT2D eigenvalue weighted by atomic mass is 10.0. The fourth-order valence-electron chi connectivity index (χ4n) is 2.50. The van der Waals surface area contributed by atoms with Crippen LogP contribution in [0.1, 0.15) is 0 Å². The number of carbonyl (C=O) groups excluding carboxylic acids is 1. The Morgan fingerprint density at radius 3 is 2.43 bits per heavy atom. The van der Waals surface area contributed by atoms with E-state index < -0.39 is 0 Å². The summed E-state index contributed by atoms with van der Waals surface area (Å²) in [6.45, 7) is 4.56. The van der Waals surface area contributed by atoms with Gasteiger partial charge in [-0.3, -0.25) is 4.79 Å². The summed E-state index contributed by atoms with van der Waals surface area (Å²) in [5.41, 5.74) is 0. The molecule has 0 aliphatic carbocycles. The molecule has 1 N–H and O–H groups in total. The molecule has 3 heterocycles. The lowest BCUT2D eigenvalue weighted by Crippen LogP contribution is -2.56. The average molecular weight is 352 g/mol. The van der Waals surface area contributed by atoms with E-state index in [1.807, 2.05) is 4.90 Å². The number of halogens is 3. The number of carbonyl (C=O) groups is 1. The topological polar surface area (TPSA) is 48.5 Å². The third kappa shape index (κ3) is 3.54. The van der Waals surface area contributed by atoms with Crippen LogP contribution in [-0.4, -0.2) is 55.1 Å². The van der Waals surface area contributed by atoms with Crippen LogP contribution in [0.3, 0.4) is 0 Å². The summed E-state index contributed by atoms with van der Waals surface area (Å²) in [4.78, 5) is 20.5. The highest BCUT2D eigenvalue weighted by Gasteiger charge is 2.31. The van der Waals surface area contributed by atoms with Gasteiger partial charge in [-0.2, -0.15) is 0 Å². The molecule has 21 heavy (non-hydrogen) atoms. The van der Waals surface area contributed by atoms with Crippen LogP contribution in [0.25, 0.3) is 0 Å². The maximum absolute atomic E-state index is 12.1. The van der Waals surface area contributed by atoms with Crippen LogP contribution in [0.5, 0.6) is 0 Å². The quantitative estimate of drug-likeness (QED) is 0.881. The highest BCUT2D eigenvalue weighted by atomic mass is 35.5. The van der Waals surface area contributed by atoms with Crippen molar-refractivity contribution >= 4 is 47.3 Å². The molecule has 116 valence electrons. The second-order valence-corrected chi connectivity index (χ2v) is 5.97. The van der Waals surface area contributed by atoms with Gasteiger partial charge in [-0.05, 0) is 6.07 Å². The van der Waals surface area contributed by atoms with E-state index in [-0.39, 0.29) is 24.2 Å². The molecule has 0 unspecified atom stereocenters. The van der Waals surface area contributed by atoms with Crippen LogP contribution < -0.4 is 10.2 Å². The number of hydrogen-bond acceptors (Lipinski definition) is 4. The van der Waals surface area contributed by atoms with Gasteiger partial charge in [0.25, 0.3) is 0 Å². The molecular formula is C13H17Cl3N4O. The van der Waals surface area contributed by atoms with Crippen molar-refractivity contribution in [2.75, 3.05) is 44.2 Å². The number of pyridine rings is 1. The number of nitrogens with zero attached hydrogens (tertiary/aromatic N) is 3. The zero-order valence-electron chi connectivity index (χ0n) is 11.4. The number of nitrogens with one attached hydrogen (secondary N) is 1. The minimum Gasteiger partial charge on any atom is -0.352 e. The Labute approximate surface area is 140 Å². The van der Waals surface area contributed by atoms with Crippen LogP contribution >= 0.6 is 35.6 Å². The van der Waals surface area contributed by atoms with Gasteiger partial charge < -0.3 is 15.1 Å². The predicted octanol–water partition coefficient (Wildman–Crippen LogP) is 1.68. The maximum atomic E-state index is 12.1. The zero-order valence-corrected chi connectivity index (χ0v) is 13.7. The highest BCUT2D eigenvalue weighted by molar-refractivity contribution is 6.36. The maximum Gasteiger partial charge on any atom is 0.228 e. The number of anilines is 1. The molecule has 2 fully saturated rings. The van der Waals surface area contributed by atoms with E-state index in [0.29, 0.717) is 10.0 Å². The fourth-order valence-corrected chi connectivity index (χ4v) is 3.00. The van der Waals surface area contributed by atoms with Gasteiger partial charge in [0, 0.05) is 45.5 Å². The summed E-state index contributed by atoms with van der Waals surface area (Å²) in [5.74, 6) is 1.17. The number of rotatable bonds is 2. The Bertz CT molecular complexity index is 516. The van der Waals surface area contributed by atoms with Gasteiger partial charge >= 0.3 is 0 Å². The van der Waals surface area contributed by atoms with Gasteiger partial charge in [0.15, 0.2) is 0 Å². The van der Waals surface area contributed by atoms with Gasteiger partial charge in [-0.1, -0.05) is 23.2 Å². The van der Waals surface area contributed by atoms with Crippen LogP contribution in [0.4, 0.5) is 5.82 Å². The third-order valence-corrected chi connectivity index (χ3v) is 4.29. The largest absolute Gasteiger partial charge is 0.352 e. The standard InChI is InChI=1S/C13H16Cl2N4O.ClH/c14-10-5-11(15)12(17-8-10)18-1-3-19(4-2-18)13(20)9-6-16-7-9;/h5,8-9,16H,1-4,6-7H2;1H. The van der Waals surface area contributed by atoms with Crippen molar-refractivity contribution in [2.24, 2.45) is 5.92 Å². The number of piperazine rings is 1. The monoisotopic (exact) mass is 350 g/mol. The van der Waals surface area contributed by atoms with E-state index in [9.17, 15) is 4.79 Å². The molecule has 0 spiro atoms. The van der Waals surface area contributed by atoms with E-state index in [4.69, 9.17) is 23.2 Å². The molecular weight excluding hydrogens is 335 g/mol. The van der Waals surface area contributed by atoms with Gasteiger partial charge in [0.05, 0.1) is 16.0 Å². The highest BCUT2D eigenvalue weighted by Crippen LogP contribution is 2.27. The molecule has 2 saturated heterocycles. The fraction of sp³-hybridized carbons (Fsp3) is 0.538. The molecule has 0 bridgehead atoms. The summed E-state index contributed by atoms with van der Waals surface area (Å²) >= 11 is 12.0. The third-order valence-electron chi connectivity index (χ3n) is 3.81. The Kier molecular flexibility index (Phi) is 5.54. The Balaban J connectivity index is 0.00000161. The first-order chi connectivity index (χ1) is 9.65. The van der Waals surface area contributed by atoms with Crippen molar-refractivity contribution in [3.63, 3.8) is 0 Å². The molecule has 1 aromatic heterocycles. The van der Waals surface area contributed by atoms with Crippen molar-refractivity contribution < 1.29 is 4.79 Å². The van der Waals surface area contributed by atoms with Gasteiger partial charge in [-0.15, -0.1) is 12.4 Å². The Morgan fingerprint density at radius 1 is 1.24 bits per heavy atom. The number of hydrogen-bond donors (Lipinski definition) is 1. The normalized spacial score (nSPS) is 19.0. The van der Waals surface area contributed by atoms with E-state index in [2.05, 4.69) is 15.2 Å². The van der Waals surface area contributed by atoms with Gasteiger partial charge in [0.1, 0.15) is 5.82 Å². The second kappa shape index (κ2) is 7.01. The summed E-state index contributed by atoms with van der Waals surface area (Å²) in [5, 5.41) is 4.22. The molecule has 2 aliphatic rings. The minimum absolute atomic E-state index is 0. The van der Waals surface area contributed by atoms with E-state index in [1.54, 1.807) is 12.3 Å². The van der Waals surface area contributed by atoms with Crippen LogP contribution in [0.2, 0.25) is 10.0 Å². The lowest BCUT2D eigenvalue weighted by Gasteiger charge is -2.39. The predicted molar refractivity (Wildman–Crippen MR) is 86.7 cm³/mol. The van der Waals surface area contributed by atoms with Crippen LogP contribution in [0.15, 0.2) is 12.3 Å². The van der Waals surface area contributed by atoms with Crippen LogP contribution in [-0.2, 0) is 4.79 Å². The summed E-state index contributed by atoms with van der Waals surface area (Å²) in [6, 6.07) is 1.70. The summed E-state index contributed by atoms with van der Waals surface area (Å²) in [6.07, 6.45) is 1.60. The first kappa shape index (κ1) is 16.6. The average Bonchev–Trinajstić information content (AvgIpc) is 2.37. The van der Waals surface area contributed by atoms with E-state index >= 15 is 0 Å². The Hall–Kier alpha value is -0.750. The summed E-state index contributed by atoms with van der Waals surface area (Å²) < 4.78 is 0. The molecule has 2 aliphatic heterocycles. The first-order valence-corrected chi connectivity index (χ1v) is 7.46. The van der Waals surface area contributed by atoms with Crippen molar-refractivity contribution in [1.29, 1.82) is 0 Å². The SMILES string of the molecule is Cl.O=C(C1CNC1)N1CCN(c2ncc(Cl)cc2Cl)CC1. The molecule has 3 rings (SSSR count). The second-order valence-electron chi connectivity index (χ2n) is 5.13.